The van der Waals surface area contributed by atoms with E-state index in [4.69, 9.17) is 9.47 Å². The predicted molar refractivity (Wildman–Crippen MR) is 131 cm³/mol. The molecule has 0 spiro atoms. The SMILES string of the molecule is COc1cc2c(cc1OC)[C@@H](CNC(=O)Cc1ccccc1)N(Cc1ccccc1C)CC2. The van der Waals surface area contributed by atoms with Crippen LogP contribution in [0.25, 0.3) is 0 Å². The van der Waals surface area contributed by atoms with Crippen molar-refractivity contribution < 1.29 is 14.3 Å². The molecule has 0 unspecified atom stereocenters. The molecule has 5 nitrogen and oxygen atoms in total. The van der Waals surface area contributed by atoms with Crippen LogP contribution in [0.15, 0.2) is 66.7 Å². The number of benzene rings is 3. The Morgan fingerprint density at radius 2 is 1.70 bits per heavy atom. The molecule has 4 rings (SSSR count). The van der Waals surface area contributed by atoms with Gasteiger partial charge in [-0.2, -0.15) is 0 Å². The Morgan fingerprint density at radius 1 is 1.00 bits per heavy atom. The molecule has 33 heavy (non-hydrogen) atoms. The fourth-order valence-corrected chi connectivity index (χ4v) is 4.57. The number of carbonyl (C=O) groups excluding carboxylic acids is 1. The number of nitrogens with one attached hydrogen (secondary N) is 1. The molecular weight excluding hydrogens is 412 g/mol. The smallest absolute Gasteiger partial charge is 0.224 e. The van der Waals surface area contributed by atoms with Crippen LogP contribution in [0.4, 0.5) is 0 Å². The van der Waals surface area contributed by atoms with Crippen LogP contribution in [0.2, 0.25) is 0 Å². The van der Waals surface area contributed by atoms with Gasteiger partial charge in [-0.25, -0.2) is 0 Å². The second kappa shape index (κ2) is 10.5. The van der Waals surface area contributed by atoms with E-state index in [-0.39, 0.29) is 11.9 Å². The highest BCUT2D eigenvalue weighted by Gasteiger charge is 2.29. The number of carbonyl (C=O) groups is 1. The lowest BCUT2D eigenvalue weighted by Gasteiger charge is -2.38. The van der Waals surface area contributed by atoms with Gasteiger partial charge in [0.15, 0.2) is 11.5 Å². The van der Waals surface area contributed by atoms with Gasteiger partial charge in [-0.15, -0.1) is 0 Å². The van der Waals surface area contributed by atoms with Gasteiger partial charge in [-0.1, -0.05) is 54.6 Å². The first-order valence-corrected chi connectivity index (χ1v) is 11.4. The number of aryl methyl sites for hydroxylation is 1. The zero-order valence-corrected chi connectivity index (χ0v) is 19.6. The highest BCUT2D eigenvalue weighted by molar-refractivity contribution is 5.78. The summed E-state index contributed by atoms with van der Waals surface area (Å²) in [6.45, 7) is 4.44. The van der Waals surface area contributed by atoms with Gasteiger partial charge in [0.05, 0.1) is 26.7 Å². The van der Waals surface area contributed by atoms with Gasteiger partial charge >= 0.3 is 0 Å². The molecule has 3 aromatic carbocycles. The first-order valence-electron chi connectivity index (χ1n) is 11.4. The third-order valence-corrected chi connectivity index (χ3v) is 6.45. The number of hydrogen-bond donors (Lipinski definition) is 1. The third-order valence-electron chi connectivity index (χ3n) is 6.45. The Kier molecular flexibility index (Phi) is 7.30. The summed E-state index contributed by atoms with van der Waals surface area (Å²) in [5.41, 5.74) is 6.04. The van der Waals surface area contributed by atoms with Gasteiger partial charge in [0.1, 0.15) is 0 Å². The van der Waals surface area contributed by atoms with E-state index in [2.05, 4.69) is 53.5 Å². The predicted octanol–water partition coefficient (Wildman–Crippen LogP) is 4.47. The van der Waals surface area contributed by atoms with Gasteiger partial charge in [0.2, 0.25) is 5.91 Å². The lowest BCUT2D eigenvalue weighted by atomic mass is 9.91. The molecule has 1 heterocycles. The van der Waals surface area contributed by atoms with Crippen LogP contribution in [0.3, 0.4) is 0 Å². The molecular formula is C28H32N2O3. The standard InChI is InChI=1S/C28H32N2O3/c1-20-9-7-8-12-23(20)19-30-14-13-22-16-26(32-2)27(33-3)17-24(22)25(30)18-29-28(31)15-21-10-5-4-6-11-21/h4-12,16-17,25H,13-15,18-19H2,1-3H3,(H,29,31)/t25-/m1/s1. The van der Waals surface area contributed by atoms with Gasteiger partial charge in [0.25, 0.3) is 0 Å². The van der Waals surface area contributed by atoms with Crippen LogP contribution >= 0.6 is 0 Å². The average molecular weight is 445 g/mol. The Bertz CT molecular complexity index is 1100. The van der Waals surface area contributed by atoms with E-state index in [1.165, 1.54) is 22.3 Å². The summed E-state index contributed by atoms with van der Waals surface area (Å²) in [6.07, 6.45) is 1.31. The highest BCUT2D eigenvalue weighted by atomic mass is 16.5. The lowest BCUT2D eigenvalue weighted by Crippen LogP contribution is -2.42. The molecule has 172 valence electrons. The van der Waals surface area contributed by atoms with Crippen LogP contribution in [0, 0.1) is 6.92 Å². The number of fused-ring (bicyclic) bond motifs is 1. The number of amides is 1. The van der Waals surface area contributed by atoms with Gasteiger partial charge in [-0.05, 0) is 53.3 Å². The van der Waals surface area contributed by atoms with Crippen molar-refractivity contribution in [3.05, 3.63) is 94.5 Å². The minimum Gasteiger partial charge on any atom is -0.493 e. The van der Waals surface area contributed by atoms with Crippen molar-refractivity contribution in [1.82, 2.24) is 10.2 Å². The molecule has 1 atom stereocenters. The largest absolute Gasteiger partial charge is 0.493 e. The van der Waals surface area contributed by atoms with Crippen molar-refractivity contribution in [1.29, 1.82) is 0 Å². The number of hydrogen-bond acceptors (Lipinski definition) is 4. The molecule has 0 aliphatic carbocycles. The number of nitrogens with zero attached hydrogens (tertiary/aromatic N) is 1. The van der Waals surface area contributed by atoms with Crippen LogP contribution in [-0.2, 0) is 24.2 Å². The lowest BCUT2D eigenvalue weighted by molar-refractivity contribution is -0.120. The third kappa shape index (κ3) is 5.37. The maximum absolute atomic E-state index is 12.7. The quantitative estimate of drug-likeness (QED) is 0.557. The topological polar surface area (TPSA) is 50.8 Å². The minimum atomic E-state index is 0.0321. The Morgan fingerprint density at radius 3 is 2.42 bits per heavy atom. The monoisotopic (exact) mass is 444 g/mol. The van der Waals surface area contributed by atoms with Gasteiger partial charge in [0, 0.05) is 19.6 Å². The molecule has 1 amide bonds. The van der Waals surface area contributed by atoms with Crippen LogP contribution in [-0.4, -0.2) is 38.1 Å². The van der Waals surface area contributed by atoms with E-state index < -0.39 is 0 Å². The van der Waals surface area contributed by atoms with E-state index in [0.29, 0.717) is 13.0 Å². The average Bonchev–Trinajstić information content (AvgIpc) is 2.84. The summed E-state index contributed by atoms with van der Waals surface area (Å²) in [4.78, 5) is 15.2. The molecule has 0 saturated carbocycles. The normalized spacial score (nSPS) is 15.5. The maximum Gasteiger partial charge on any atom is 0.224 e. The first kappa shape index (κ1) is 22.9. The molecule has 1 aliphatic rings. The molecule has 5 heteroatoms. The van der Waals surface area contributed by atoms with E-state index in [1.807, 2.05) is 30.3 Å². The second-order valence-electron chi connectivity index (χ2n) is 8.54. The Hall–Kier alpha value is -3.31. The van der Waals surface area contributed by atoms with Crippen molar-refractivity contribution in [2.24, 2.45) is 0 Å². The van der Waals surface area contributed by atoms with E-state index in [1.54, 1.807) is 14.2 Å². The summed E-state index contributed by atoms with van der Waals surface area (Å²) >= 11 is 0. The van der Waals surface area contributed by atoms with E-state index in [0.717, 1.165) is 36.6 Å². The zero-order chi connectivity index (χ0) is 23.2. The molecule has 0 saturated heterocycles. The minimum absolute atomic E-state index is 0.0321. The molecule has 0 bridgehead atoms. The van der Waals surface area contributed by atoms with E-state index >= 15 is 0 Å². The summed E-state index contributed by atoms with van der Waals surface area (Å²) < 4.78 is 11.1. The molecule has 0 radical (unpaired) electrons. The Labute approximate surface area is 196 Å². The maximum atomic E-state index is 12.7. The van der Waals surface area contributed by atoms with Crippen molar-refractivity contribution in [3.63, 3.8) is 0 Å². The summed E-state index contributed by atoms with van der Waals surface area (Å²) in [5.74, 6) is 1.50. The van der Waals surface area contributed by atoms with E-state index in [9.17, 15) is 4.79 Å². The summed E-state index contributed by atoms with van der Waals surface area (Å²) in [7, 11) is 3.33. The highest BCUT2D eigenvalue weighted by Crippen LogP contribution is 2.38. The fraction of sp³-hybridized carbons (Fsp3) is 0.321. The second-order valence-corrected chi connectivity index (χ2v) is 8.54. The fourth-order valence-electron chi connectivity index (χ4n) is 4.57. The van der Waals surface area contributed by atoms with Crippen molar-refractivity contribution in [2.45, 2.75) is 32.4 Å². The van der Waals surface area contributed by atoms with Crippen LogP contribution < -0.4 is 14.8 Å². The summed E-state index contributed by atoms with van der Waals surface area (Å²) in [5, 5.41) is 3.19. The van der Waals surface area contributed by atoms with Crippen LogP contribution in [0.5, 0.6) is 11.5 Å². The number of ether oxygens (including phenoxy) is 2. The van der Waals surface area contributed by atoms with Gasteiger partial charge < -0.3 is 14.8 Å². The van der Waals surface area contributed by atoms with Crippen molar-refractivity contribution >= 4 is 5.91 Å². The molecule has 3 aromatic rings. The molecule has 0 fully saturated rings. The summed E-state index contributed by atoms with van der Waals surface area (Å²) in [6, 6.07) is 22.6. The first-order chi connectivity index (χ1) is 16.1. The number of methoxy groups -OCH3 is 2. The van der Waals surface area contributed by atoms with Crippen LogP contribution in [0.1, 0.15) is 33.9 Å². The molecule has 1 N–H and O–H groups in total. The van der Waals surface area contributed by atoms with Crippen molar-refractivity contribution in [3.8, 4) is 11.5 Å². The zero-order valence-electron chi connectivity index (χ0n) is 19.6. The van der Waals surface area contributed by atoms with Crippen molar-refractivity contribution in [2.75, 3.05) is 27.3 Å². The molecule has 0 aromatic heterocycles. The molecule has 1 aliphatic heterocycles. The Balaban J connectivity index is 1.59. The van der Waals surface area contributed by atoms with Gasteiger partial charge in [-0.3, -0.25) is 9.69 Å². The number of rotatable bonds is 8.